The van der Waals surface area contributed by atoms with E-state index in [-0.39, 0.29) is 5.91 Å². The number of anilines is 1. The molecule has 1 aromatic heterocycles. The molecule has 5 heteroatoms. The molecule has 22 heavy (non-hydrogen) atoms. The molecule has 0 atom stereocenters. The van der Waals surface area contributed by atoms with Gasteiger partial charge in [-0.3, -0.25) is 4.79 Å². The predicted octanol–water partition coefficient (Wildman–Crippen LogP) is 4.09. The molecule has 1 N–H and O–H groups in total. The van der Waals surface area contributed by atoms with E-state index in [4.69, 9.17) is 11.6 Å². The van der Waals surface area contributed by atoms with Gasteiger partial charge >= 0.3 is 0 Å². The van der Waals surface area contributed by atoms with Gasteiger partial charge in [0.1, 0.15) is 0 Å². The Balaban J connectivity index is 1.88. The molecule has 0 aliphatic heterocycles. The fraction of sp³-hybridized carbons (Fsp3) is 0.0588. The van der Waals surface area contributed by atoms with Gasteiger partial charge < -0.3 is 5.32 Å². The Morgan fingerprint density at radius 3 is 2.50 bits per heavy atom. The lowest BCUT2D eigenvalue weighted by Crippen LogP contribution is -2.14. The smallest absolute Gasteiger partial charge is 0.276 e. The van der Waals surface area contributed by atoms with Crippen molar-refractivity contribution >= 4 is 23.2 Å². The van der Waals surface area contributed by atoms with E-state index in [0.717, 1.165) is 11.3 Å². The minimum atomic E-state index is -0.278. The van der Waals surface area contributed by atoms with Crippen LogP contribution < -0.4 is 5.32 Å². The average molecular weight is 312 g/mol. The number of carbonyl (C=O) groups excluding carboxylic acids is 1. The van der Waals surface area contributed by atoms with Gasteiger partial charge in [0.2, 0.25) is 0 Å². The molecule has 2 aromatic carbocycles. The van der Waals surface area contributed by atoms with Crippen LogP contribution >= 0.6 is 11.6 Å². The zero-order valence-electron chi connectivity index (χ0n) is 12.0. The number of para-hydroxylation sites is 2. The summed E-state index contributed by atoms with van der Waals surface area (Å²) in [5.41, 5.74) is 2.66. The molecule has 0 aliphatic rings. The van der Waals surface area contributed by atoms with Crippen LogP contribution in [0, 0.1) is 6.92 Å². The second kappa shape index (κ2) is 6.03. The van der Waals surface area contributed by atoms with Crippen molar-refractivity contribution in [2.75, 3.05) is 5.32 Å². The zero-order valence-corrected chi connectivity index (χ0v) is 12.7. The van der Waals surface area contributed by atoms with Gasteiger partial charge in [-0.25, -0.2) is 4.68 Å². The van der Waals surface area contributed by atoms with Crippen LogP contribution in [0.3, 0.4) is 0 Å². The van der Waals surface area contributed by atoms with E-state index < -0.39 is 0 Å². The predicted molar refractivity (Wildman–Crippen MR) is 87.7 cm³/mol. The minimum absolute atomic E-state index is 0.278. The van der Waals surface area contributed by atoms with Crippen molar-refractivity contribution in [2.45, 2.75) is 6.92 Å². The fourth-order valence-electron chi connectivity index (χ4n) is 2.14. The zero-order chi connectivity index (χ0) is 15.5. The monoisotopic (exact) mass is 311 g/mol. The maximum atomic E-state index is 12.4. The first-order valence-corrected chi connectivity index (χ1v) is 7.20. The standard InChI is InChI=1S/C17H14ClN3O/c1-12-11-21(13-7-3-2-4-8-13)20-16(12)17(22)19-15-10-6-5-9-14(15)18/h2-11H,1H3,(H,19,22). The Hall–Kier alpha value is -2.59. The van der Waals surface area contributed by atoms with Crippen molar-refractivity contribution in [2.24, 2.45) is 0 Å². The summed E-state index contributed by atoms with van der Waals surface area (Å²) >= 11 is 6.06. The van der Waals surface area contributed by atoms with Gasteiger partial charge in [-0.2, -0.15) is 5.10 Å². The van der Waals surface area contributed by atoms with Crippen molar-refractivity contribution < 1.29 is 4.79 Å². The number of benzene rings is 2. The van der Waals surface area contributed by atoms with E-state index in [1.54, 1.807) is 16.8 Å². The summed E-state index contributed by atoms with van der Waals surface area (Å²) in [6, 6.07) is 16.8. The molecule has 3 aromatic rings. The molecular formula is C17H14ClN3O. The van der Waals surface area contributed by atoms with Crippen LogP contribution in [0.4, 0.5) is 5.69 Å². The lowest BCUT2D eigenvalue weighted by atomic mass is 10.2. The van der Waals surface area contributed by atoms with Crippen LogP contribution in [0.15, 0.2) is 60.8 Å². The number of aryl methyl sites for hydroxylation is 1. The van der Waals surface area contributed by atoms with Crippen molar-refractivity contribution in [3.8, 4) is 5.69 Å². The van der Waals surface area contributed by atoms with Gasteiger partial charge in [0.15, 0.2) is 5.69 Å². The Morgan fingerprint density at radius 2 is 1.77 bits per heavy atom. The third-order valence-electron chi connectivity index (χ3n) is 3.26. The van der Waals surface area contributed by atoms with E-state index >= 15 is 0 Å². The van der Waals surface area contributed by atoms with Gasteiger partial charge in [-0.1, -0.05) is 41.9 Å². The average Bonchev–Trinajstić information content (AvgIpc) is 2.92. The molecule has 0 bridgehead atoms. The van der Waals surface area contributed by atoms with Crippen molar-refractivity contribution in [1.82, 2.24) is 9.78 Å². The number of rotatable bonds is 3. The third kappa shape index (κ3) is 2.87. The van der Waals surface area contributed by atoms with E-state index in [9.17, 15) is 4.79 Å². The summed E-state index contributed by atoms with van der Waals surface area (Å²) in [5, 5.41) is 7.65. The van der Waals surface area contributed by atoms with Gasteiger partial charge in [0.05, 0.1) is 16.4 Å². The first kappa shape index (κ1) is 14.4. The topological polar surface area (TPSA) is 46.9 Å². The van der Waals surface area contributed by atoms with Crippen LogP contribution in [0.1, 0.15) is 16.1 Å². The normalized spacial score (nSPS) is 10.5. The Morgan fingerprint density at radius 1 is 1.09 bits per heavy atom. The second-order valence-corrected chi connectivity index (χ2v) is 5.28. The molecule has 0 saturated heterocycles. The van der Waals surface area contributed by atoms with Gasteiger partial charge in [0.25, 0.3) is 5.91 Å². The van der Waals surface area contributed by atoms with Gasteiger partial charge in [-0.05, 0) is 31.2 Å². The highest BCUT2D eigenvalue weighted by Crippen LogP contribution is 2.21. The molecule has 1 amide bonds. The van der Waals surface area contributed by atoms with Crippen LogP contribution in [0.5, 0.6) is 0 Å². The number of halogens is 1. The molecule has 0 fully saturated rings. The van der Waals surface area contributed by atoms with E-state index in [1.807, 2.05) is 55.6 Å². The van der Waals surface area contributed by atoms with Gasteiger partial charge in [-0.15, -0.1) is 0 Å². The summed E-state index contributed by atoms with van der Waals surface area (Å²) in [7, 11) is 0. The van der Waals surface area contributed by atoms with E-state index in [0.29, 0.717) is 16.4 Å². The van der Waals surface area contributed by atoms with E-state index in [2.05, 4.69) is 10.4 Å². The highest BCUT2D eigenvalue weighted by atomic mass is 35.5. The molecule has 3 rings (SSSR count). The molecule has 0 aliphatic carbocycles. The summed E-state index contributed by atoms with van der Waals surface area (Å²) < 4.78 is 1.69. The molecule has 0 unspecified atom stereocenters. The van der Waals surface area contributed by atoms with E-state index in [1.165, 1.54) is 0 Å². The number of aromatic nitrogens is 2. The number of carbonyl (C=O) groups is 1. The van der Waals surface area contributed by atoms with Crippen LogP contribution in [0.25, 0.3) is 5.69 Å². The van der Waals surface area contributed by atoms with Crippen LogP contribution in [-0.4, -0.2) is 15.7 Å². The van der Waals surface area contributed by atoms with Crippen molar-refractivity contribution in [1.29, 1.82) is 0 Å². The lowest BCUT2D eigenvalue weighted by Gasteiger charge is -2.05. The number of hydrogen-bond donors (Lipinski definition) is 1. The lowest BCUT2D eigenvalue weighted by molar-refractivity contribution is 0.102. The molecule has 0 spiro atoms. The fourth-order valence-corrected chi connectivity index (χ4v) is 2.32. The number of hydrogen-bond acceptors (Lipinski definition) is 2. The van der Waals surface area contributed by atoms with Gasteiger partial charge in [0, 0.05) is 11.8 Å². The second-order valence-electron chi connectivity index (χ2n) is 4.87. The highest BCUT2D eigenvalue weighted by Gasteiger charge is 2.15. The van der Waals surface area contributed by atoms with Crippen molar-refractivity contribution in [3.05, 3.63) is 77.1 Å². The maximum Gasteiger partial charge on any atom is 0.276 e. The molecule has 110 valence electrons. The maximum absolute atomic E-state index is 12.4. The SMILES string of the molecule is Cc1cn(-c2ccccc2)nc1C(=O)Nc1ccccc1Cl. The van der Waals surface area contributed by atoms with Crippen LogP contribution in [-0.2, 0) is 0 Å². The first-order chi connectivity index (χ1) is 10.6. The van der Waals surface area contributed by atoms with Crippen molar-refractivity contribution in [3.63, 3.8) is 0 Å². The summed E-state index contributed by atoms with van der Waals surface area (Å²) in [6.45, 7) is 1.86. The number of amides is 1. The Bertz CT molecular complexity index is 812. The Kier molecular flexibility index (Phi) is 3.94. The molecule has 0 saturated carbocycles. The first-order valence-electron chi connectivity index (χ1n) is 6.83. The molecule has 4 nitrogen and oxygen atoms in total. The summed E-state index contributed by atoms with van der Waals surface area (Å²) in [6.07, 6.45) is 1.83. The highest BCUT2D eigenvalue weighted by molar-refractivity contribution is 6.33. The summed E-state index contributed by atoms with van der Waals surface area (Å²) in [4.78, 5) is 12.4. The quantitative estimate of drug-likeness (QED) is 0.792. The molecule has 1 heterocycles. The number of nitrogens with zero attached hydrogens (tertiary/aromatic N) is 2. The number of nitrogens with one attached hydrogen (secondary N) is 1. The summed E-state index contributed by atoms with van der Waals surface area (Å²) in [5.74, 6) is -0.278. The largest absolute Gasteiger partial charge is 0.319 e. The third-order valence-corrected chi connectivity index (χ3v) is 3.58. The Labute approximate surface area is 133 Å². The minimum Gasteiger partial charge on any atom is -0.319 e. The van der Waals surface area contributed by atoms with Crippen LogP contribution in [0.2, 0.25) is 5.02 Å². The molecule has 0 radical (unpaired) electrons. The molecular weight excluding hydrogens is 298 g/mol.